The molecule has 4 amide bonds. The lowest BCUT2D eigenvalue weighted by atomic mass is 9.98. The lowest BCUT2D eigenvalue weighted by molar-refractivity contribution is -0.187. The van der Waals surface area contributed by atoms with Crippen LogP contribution in [0.1, 0.15) is 16.7 Å². The number of nitrogens with zero attached hydrogens (tertiary/aromatic N) is 4. The van der Waals surface area contributed by atoms with Crippen LogP contribution in [0, 0.1) is 5.82 Å². The molecule has 3 aromatic carbocycles. The van der Waals surface area contributed by atoms with Gasteiger partial charge < -0.3 is 20.2 Å². The van der Waals surface area contributed by atoms with Crippen molar-refractivity contribution < 1.29 is 23.9 Å². The standard InChI is InChI=1S/C29H29BrFN5O4/c1-33-18-27(38)35-25(14-19-7-11-24(37)12-8-19)28(39)34(16-21-3-2-4-22(30)13-21)17-26(35)36(33)29(40)32-15-20-5-9-23(31)10-6-20/h2-13,25-26,37H,14-18H2,1H3,(H,32,40)/t25?,26-/m0/s1. The molecule has 0 bridgehead atoms. The number of rotatable bonds is 6. The predicted octanol–water partition coefficient (Wildman–Crippen LogP) is 3.47. The van der Waals surface area contributed by atoms with Gasteiger partial charge in [0, 0.05) is 31.0 Å². The number of phenolic OH excluding ortho intramolecular Hbond substituents is 1. The molecule has 5 rings (SSSR count). The lowest BCUT2D eigenvalue weighted by Gasteiger charge is -2.54. The molecule has 2 fully saturated rings. The van der Waals surface area contributed by atoms with Crippen molar-refractivity contribution in [1.82, 2.24) is 25.1 Å². The number of carbonyl (C=O) groups excluding carboxylic acids is 3. The van der Waals surface area contributed by atoms with E-state index in [-0.39, 0.29) is 49.4 Å². The number of phenols is 1. The SMILES string of the molecule is CN1CC(=O)N2C(Cc3ccc(O)cc3)C(=O)N(Cc3cccc(Br)c3)C[C@@H]2N1C(=O)NCc1ccc(F)cc1. The zero-order valence-corrected chi connectivity index (χ0v) is 23.4. The zero-order chi connectivity index (χ0) is 28.4. The van der Waals surface area contributed by atoms with Crippen LogP contribution in [0.5, 0.6) is 5.75 Å². The minimum absolute atomic E-state index is 0.0779. The van der Waals surface area contributed by atoms with Crippen molar-refractivity contribution in [1.29, 1.82) is 0 Å². The Morgan fingerprint density at radius 3 is 2.42 bits per heavy atom. The maximum absolute atomic E-state index is 13.9. The number of amides is 4. The summed E-state index contributed by atoms with van der Waals surface area (Å²) in [6.45, 7) is 0.516. The molecular formula is C29H29BrFN5O4. The molecule has 3 aromatic rings. The second kappa shape index (κ2) is 11.6. The topological polar surface area (TPSA) is 96.4 Å². The molecule has 2 atom stereocenters. The Balaban J connectivity index is 1.45. The second-order valence-electron chi connectivity index (χ2n) is 9.96. The van der Waals surface area contributed by atoms with Crippen molar-refractivity contribution in [2.45, 2.75) is 31.7 Å². The van der Waals surface area contributed by atoms with E-state index in [1.54, 1.807) is 53.4 Å². The monoisotopic (exact) mass is 609 g/mol. The van der Waals surface area contributed by atoms with E-state index in [1.165, 1.54) is 22.0 Å². The molecule has 11 heteroatoms. The van der Waals surface area contributed by atoms with Gasteiger partial charge in [0.05, 0.1) is 13.1 Å². The number of nitrogens with one attached hydrogen (secondary N) is 1. The number of piperazine rings is 1. The molecule has 0 radical (unpaired) electrons. The van der Waals surface area contributed by atoms with Crippen molar-refractivity contribution >= 4 is 33.8 Å². The maximum Gasteiger partial charge on any atom is 0.334 e. The van der Waals surface area contributed by atoms with Gasteiger partial charge in [0.2, 0.25) is 11.8 Å². The number of fused-ring (bicyclic) bond motifs is 1. The fraction of sp³-hybridized carbons (Fsp3) is 0.276. The summed E-state index contributed by atoms with van der Waals surface area (Å²) in [6, 6.07) is 18.7. The van der Waals surface area contributed by atoms with Crippen LogP contribution in [0.25, 0.3) is 0 Å². The van der Waals surface area contributed by atoms with Gasteiger partial charge in [-0.25, -0.2) is 19.2 Å². The zero-order valence-electron chi connectivity index (χ0n) is 21.8. The summed E-state index contributed by atoms with van der Waals surface area (Å²) in [6.07, 6.45) is -0.517. The number of hydrazine groups is 1. The van der Waals surface area contributed by atoms with Gasteiger partial charge in [-0.3, -0.25) is 9.59 Å². The minimum Gasteiger partial charge on any atom is -0.508 e. The Bertz CT molecular complexity index is 1400. The number of carbonyl (C=O) groups is 3. The van der Waals surface area contributed by atoms with Gasteiger partial charge in [-0.1, -0.05) is 52.3 Å². The first kappa shape index (κ1) is 27.6. The van der Waals surface area contributed by atoms with E-state index < -0.39 is 18.2 Å². The molecule has 0 saturated carbocycles. The summed E-state index contributed by atoms with van der Waals surface area (Å²) in [5.74, 6) is -0.729. The van der Waals surface area contributed by atoms with E-state index in [2.05, 4.69) is 21.2 Å². The largest absolute Gasteiger partial charge is 0.508 e. The minimum atomic E-state index is -0.843. The first-order valence-electron chi connectivity index (χ1n) is 12.8. The molecule has 0 aromatic heterocycles. The smallest absolute Gasteiger partial charge is 0.334 e. The van der Waals surface area contributed by atoms with Crippen LogP contribution >= 0.6 is 15.9 Å². The highest BCUT2D eigenvalue weighted by molar-refractivity contribution is 9.10. The normalized spacial score (nSPS) is 19.5. The van der Waals surface area contributed by atoms with Gasteiger partial charge in [-0.2, -0.15) is 0 Å². The molecule has 1 unspecified atom stereocenters. The van der Waals surface area contributed by atoms with Gasteiger partial charge >= 0.3 is 6.03 Å². The average molecular weight is 610 g/mol. The summed E-state index contributed by atoms with van der Waals surface area (Å²) in [5.41, 5.74) is 2.41. The average Bonchev–Trinajstić information content (AvgIpc) is 2.91. The fourth-order valence-electron chi connectivity index (χ4n) is 5.22. The molecule has 2 saturated heterocycles. The quantitative estimate of drug-likeness (QED) is 0.446. The van der Waals surface area contributed by atoms with Gasteiger partial charge in [0.1, 0.15) is 23.8 Å². The molecule has 0 aliphatic carbocycles. The molecule has 0 spiro atoms. The Kier molecular flexibility index (Phi) is 8.04. The number of likely N-dealkylation sites (N-methyl/N-ethyl adjacent to an activating group) is 1. The van der Waals surface area contributed by atoms with E-state index in [1.807, 2.05) is 24.3 Å². The van der Waals surface area contributed by atoms with Gasteiger partial charge in [0.25, 0.3) is 0 Å². The summed E-state index contributed by atoms with van der Waals surface area (Å²) >= 11 is 3.48. The number of hydrogen-bond acceptors (Lipinski definition) is 5. The van der Waals surface area contributed by atoms with E-state index >= 15 is 0 Å². The molecular weight excluding hydrogens is 581 g/mol. The van der Waals surface area contributed by atoms with Crippen LogP contribution in [-0.4, -0.2) is 75.1 Å². The maximum atomic E-state index is 13.9. The number of urea groups is 1. The van der Waals surface area contributed by atoms with Crippen LogP contribution in [-0.2, 0) is 29.1 Å². The Morgan fingerprint density at radius 1 is 1.02 bits per heavy atom. The molecule has 40 heavy (non-hydrogen) atoms. The van der Waals surface area contributed by atoms with E-state index in [4.69, 9.17) is 0 Å². The van der Waals surface area contributed by atoms with Crippen LogP contribution in [0.15, 0.2) is 77.3 Å². The number of halogens is 2. The highest BCUT2D eigenvalue weighted by Crippen LogP contribution is 2.29. The number of aromatic hydroxyl groups is 1. The van der Waals surface area contributed by atoms with Crippen molar-refractivity contribution in [2.24, 2.45) is 0 Å². The highest BCUT2D eigenvalue weighted by Gasteiger charge is 2.50. The van der Waals surface area contributed by atoms with Crippen molar-refractivity contribution in [2.75, 3.05) is 20.1 Å². The van der Waals surface area contributed by atoms with E-state index in [0.717, 1.165) is 21.2 Å². The van der Waals surface area contributed by atoms with Crippen molar-refractivity contribution in [3.63, 3.8) is 0 Å². The van der Waals surface area contributed by atoms with E-state index in [9.17, 15) is 23.9 Å². The van der Waals surface area contributed by atoms with Crippen molar-refractivity contribution in [3.8, 4) is 5.75 Å². The first-order valence-corrected chi connectivity index (χ1v) is 13.6. The first-order chi connectivity index (χ1) is 19.2. The van der Waals surface area contributed by atoms with Crippen molar-refractivity contribution in [3.05, 3.63) is 99.8 Å². The Hall–Kier alpha value is -3.96. The Morgan fingerprint density at radius 2 is 1.73 bits per heavy atom. The molecule has 9 nitrogen and oxygen atoms in total. The molecule has 2 aliphatic rings. The third-order valence-electron chi connectivity index (χ3n) is 7.13. The van der Waals surface area contributed by atoms with Crippen LogP contribution < -0.4 is 5.32 Å². The third-order valence-corrected chi connectivity index (χ3v) is 7.63. The lowest BCUT2D eigenvalue weighted by Crippen LogP contribution is -2.76. The summed E-state index contributed by atoms with van der Waals surface area (Å²) < 4.78 is 14.2. The number of hydrogen-bond donors (Lipinski definition) is 2. The molecule has 208 valence electrons. The van der Waals surface area contributed by atoms with Crippen LogP contribution in [0.4, 0.5) is 9.18 Å². The van der Waals surface area contributed by atoms with Gasteiger partial charge in [-0.15, -0.1) is 0 Å². The summed E-state index contributed by atoms with van der Waals surface area (Å²) in [7, 11) is 1.66. The Labute approximate surface area is 239 Å². The second-order valence-corrected chi connectivity index (χ2v) is 10.9. The highest BCUT2D eigenvalue weighted by atomic mass is 79.9. The summed E-state index contributed by atoms with van der Waals surface area (Å²) in [5, 5.41) is 15.6. The molecule has 2 heterocycles. The fourth-order valence-corrected chi connectivity index (χ4v) is 5.67. The number of benzene rings is 3. The van der Waals surface area contributed by atoms with Crippen LogP contribution in [0.2, 0.25) is 0 Å². The third kappa shape index (κ3) is 5.95. The van der Waals surface area contributed by atoms with Gasteiger partial charge in [0.15, 0.2) is 0 Å². The molecule has 2 N–H and O–H groups in total. The molecule has 2 aliphatic heterocycles. The van der Waals surface area contributed by atoms with Gasteiger partial charge in [-0.05, 0) is 53.1 Å². The van der Waals surface area contributed by atoms with Crippen LogP contribution in [0.3, 0.4) is 0 Å². The van der Waals surface area contributed by atoms with E-state index in [0.29, 0.717) is 6.54 Å². The summed E-state index contributed by atoms with van der Waals surface area (Å²) in [4.78, 5) is 44.0. The predicted molar refractivity (Wildman–Crippen MR) is 149 cm³/mol.